The Morgan fingerprint density at radius 3 is 2.89 bits per heavy atom. The van der Waals surface area contributed by atoms with E-state index < -0.39 is 5.60 Å². The smallest absolute Gasteiger partial charge is 0.256 e. The molecule has 0 bridgehead atoms. The number of rotatable bonds is 7. The monoisotopic (exact) mass is 384 g/mol. The molecule has 1 aliphatic carbocycles. The lowest BCUT2D eigenvalue weighted by Crippen LogP contribution is -2.48. The molecular weight excluding hydrogens is 352 g/mol. The number of amides is 1. The molecule has 2 atom stereocenters. The zero-order valence-electron chi connectivity index (χ0n) is 17.5. The highest BCUT2D eigenvalue weighted by Gasteiger charge is 2.42. The quantitative estimate of drug-likeness (QED) is 0.713. The maximum atomic E-state index is 13.3. The van der Waals surface area contributed by atoms with Crippen molar-refractivity contribution in [3.63, 3.8) is 0 Å². The first kappa shape index (κ1) is 20.6. The first-order valence-electron chi connectivity index (χ1n) is 10.4. The van der Waals surface area contributed by atoms with E-state index >= 15 is 0 Å². The number of anilines is 1. The predicted molar refractivity (Wildman–Crippen MR) is 113 cm³/mol. The minimum Gasteiger partial charge on any atom is -0.491 e. The molecule has 3 rings (SSSR count). The predicted octanol–water partition coefficient (Wildman–Crippen LogP) is 5.19. The minimum atomic E-state index is -0.742. The van der Waals surface area contributed by atoms with Crippen molar-refractivity contribution in [3.8, 4) is 5.75 Å². The standard InChI is InChI=1S/C23H32N2O3/c1-5-28-23(12-6-8-17(4)14-23)22(26)25-19-10-11-20(27-15-16(2)3)21-18(19)9-7-13-24-21/h7,9-11,13,16-17H,5-6,8,12,14-15H2,1-4H3,(H,25,26)/t17-,23-/m1/s1. The molecule has 5 nitrogen and oxygen atoms in total. The van der Waals surface area contributed by atoms with Crippen molar-refractivity contribution in [2.24, 2.45) is 11.8 Å². The zero-order chi connectivity index (χ0) is 20.1. The number of pyridine rings is 1. The summed E-state index contributed by atoms with van der Waals surface area (Å²) in [4.78, 5) is 17.8. The van der Waals surface area contributed by atoms with Gasteiger partial charge in [-0.1, -0.05) is 27.2 Å². The second-order valence-electron chi connectivity index (χ2n) is 8.30. The van der Waals surface area contributed by atoms with Crippen LogP contribution in [-0.4, -0.2) is 29.7 Å². The van der Waals surface area contributed by atoms with Crippen molar-refractivity contribution < 1.29 is 14.3 Å². The van der Waals surface area contributed by atoms with Crippen LogP contribution in [-0.2, 0) is 9.53 Å². The first-order chi connectivity index (χ1) is 13.4. The van der Waals surface area contributed by atoms with Gasteiger partial charge in [0, 0.05) is 18.2 Å². The minimum absolute atomic E-state index is 0.0538. The number of aromatic nitrogens is 1. The van der Waals surface area contributed by atoms with E-state index in [1.807, 2.05) is 31.2 Å². The number of hydrogen-bond donors (Lipinski definition) is 1. The molecule has 1 aromatic carbocycles. The second-order valence-corrected chi connectivity index (χ2v) is 8.30. The van der Waals surface area contributed by atoms with Gasteiger partial charge >= 0.3 is 0 Å². The molecule has 152 valence electrons. The van der Waals surface area contributed by atoms with Gasteiger partial charge in [0.25, 0.3) is 5.91 Å². The van der Waals surface area contributed by atoms with Gasteiger partial charge in [-0.05, 0) is 62.3 Å². The van der Waals surface area contributed by atoms with Gasteiger partial charge in [-0.3, -0.25) is 9.78 Å². The Morgan fingerprint density at radius 2 is 2.18 bits per heavy atom. The molecule has 0 aliphatic heterocycles. The first-order valence-corrected chi connectivity index (χ1v) is 10.4. The van der Waals surface area contributed by atoms with Gasteiger partial charge in [0.2, 0.25) is 0 Å². The van der Waals surface area contributed by atoms with Crippen LogP contribution >= 0.6 is 0 Å². The van der Waals surface area contributed by atoms with Crippen molar-refractivity contribution in [1.82, 2.24) is 4.98 Å². The topological polar surface area (TPSA) is 60.5 Å². The number of carbonyl (C=O) groups excluding carboxylic acids is 1. The third-order valence-electron chi connectivity index (χ3n) is 5.34. The van der Waals surface area contributed by atoms with E-state index in [1.165, 1.54) is 0 Å². The number of hydrogen-bond acceptors (Lipinski definition) is 4. The molecule has 1 heterocycles. The Hall–Kier alpha value is -2.14. The van der Waals surface area contributed by atoms with Gasteiger partial charge in [-0.2, -0.15) is 0 Å². The summed E-state index contributed by atoms with van der Waals surface area (Å²) in [6, 6.07) is 7.65. The Balaban J connectivity index is 1.89. The fourth-order valence-corrected chi connectivity index (χ4v) is 4.05. The molecule has 5 heteroatoms. The van der Waals surface area contributed by atoms with Crippen molar-refractivity contribution >= 4 is 22.5 Å². The highest BCUT2D eigenvalue weighted by Crippen LogP contribution is 2.37. The molecule has 0 saturated heterocycles. The molecule has 1 aliphatic rings. The van der Waals surface area contributed by atoms with Crippen LogP contribution in [0, 0.1) is 11.8 Å². The molecular formula is C23H32N2O3. The van der Waals surface area contributed by atoms with Gasteiger partial charge in [0.05, 0.1) is 12.3 Å². The third-order valence-corrected chi connectivity index (χ3v) is 5.34. The van der Waals surface area contributed by atoms with Gasteiger partial charge in [0.15, 0.2) is 0 Å². The molecule has 0 unspecified atom stereocenters. The van der Waals surface area contributed by atoms with Crippen LogP contribution in [0.15, 0.2) is 30.5 Å². The lowest BCUT2D eigenvalue weighted by atomic mass is 9.78. The van der Waals surface area contributed by atoms with Crippen molar-refractivity contribution in [2.45, 2.75) is 59.0 Å². The summed E-state index contributed by atoms with van der Waals surface area (Å²) in [6.45, 7) is 9.53. The lowest BCUT2D eigenvalue weighted by Gasteiger charge is -2.38. The van der Waals surface area contributed by atoms with Crippen LogP contribution in [0.2, 0.25) is 0 Å². The summed E-state index contributed by atoms with van der Waals surface area (Å²) < 4.78 is 12.0. The Kier molecular flexibility index (Phi) is 6.55. The fraction of sp³-hybridized carbons (Fsp3) is 0.565. The number of nitrogens with zero attached hydrogens (tertiary/aromatic N) is 1. The maximum Gasteiger partial charge on any atom is 0.256 e. The van der Waals surface area contributed by atoms with Crippen LogP contribution in [0.25, 0.3) is 10.9 Å². The average Bonchev–Trinajstić information content (AvgIpc) is 2.67. The lowest BCUT2D eigenvalue weighted by molar-refractivity contribution is -0.147. The Labute approximate surface area is 167 Å². The molecule has 0 radical (unpaired) electrons. The Bertz CT molecular complexity index is 817. The SMILES string of the molecule is CCO[C@]1(C(=O)Nc2ccc(OCC(C)C)c3ncccc23)CCC[C@@H](C)C1. The second kappa shape index (κ2) is 8.91. The summed E-state index contributed by atoms with van der Waals surface area (Å²) >= 11 is 0. The molecule has 28 heavy (non-hydrogen) atoms. The summed E-state index contributed by atoms with van der Waals surface area (Å²) in [5, 5.41) is 4.02. The molecule has 2 aromatic rings. The zero-order valence-corrected chi connectivity index (χ0v) is 17.5. The summed E-state index contributed by atoms with van der Waals surface area (Å²) in [7, 11) is 0. The van der Waals surface area contributed by atoms with Gasteiger partial charge in [-0.15, -0.1) is 0 Å². The van der Waals surface area contributed by atoms with Crippen LogP contribution in [0.5, 0.6) is 5.75 Å². The van der Waals surface area contributed by atoms with E-state index in [1.54, 1.807) is 6.20 Å². The average molecular weight is 385 g/mol. The maximum absolute atomic E-state index is 13.3. The molecule has 1 aromatic heterocycles. The van der Waals surface area contributed by atoms with Crippen LogP contribution in [0.1, 0.15) is 53.4 Å². The number of carbonyl (C=O) groups is 1. The highest BCUT2D eigenvalue weighted by molar-refractivity contribution is 6.05. The Morgan fingerprint density at radius 1 is 1.36 bits per heavy atom. The number of fused-ring (bicyclic) bond motifs is 1. The van der Waals surface area contributed by atoms with E-state index in [0.717, 1.165) is 48.0 Å². The van der Waals surface area contributed by atoms with Gasteiger partial charge < -0.3 is 14.8 Å². The number of benzene rings is 1. The largest absolute Gasteiger partial charge is 0.491 e. The highest BCUT2D eigenvalue weighted by atomic mass is 16.5. The normalized spacial score (nSPS) is 22.4. The summed E-state index contributed by atoms with van der Waals surface area (Å²) in [6.07, 6.45) is 5.44. The molecule has 1 saturated carbocycles. The number of nitrogens with one attached hydrogen (secondary N) is 1. The molecule has 1 amide bonds. The summed E-state index contributed by atoms with van der Waals surface area (Å²) in [5.41, 5.74) is 0.777. The van der Waals surface area contributed by atoms with E-state index in [-0.39, 0.29) is 5.91 Å². The molecule has 1 fully saturated rings. The van der Waals surface area contributed by atoms with Crippen molar-refractivity contribution in [2.75, 3.05) is 18.5 Å². The van der Waals surface area contributed by atoms with Crippen molar-refractivity contribution in [3.05, 3.63) is 30.5 Å². The third kappa shape index (κ3) is 4.46. The van der Waals surface area contributed by atoms with Crippen LogP contribution in [0.4, 0.5) is 5.69 Å². The van der Waals surface area contributed by atoms with E-state index in [9.17, 15) is 4.79 Å². The van der Waals surface area contributed by atoms with E-state index in [0.29, 0.717) is 25.0 Å². The fourth-order valence-electron chi connectivity index (χ4n) is 4.05. The van der Waals surface area contributed by atoms with E-state index in [4.69, 9.17) is 9.47 Å². The van der Waals surface area contributed by atoms with Gasteiger partial charge in [0.1, 0.15) is 16.9 Å². The summed E-state index contributed by atoms with van der Waals surface area (Å²) in [5.74, 6) is 1.60. The van der Waals surface area contributed by atoms with E-state index in [2.05, 4.69) is 31.1 Å². The van der Waals surface area contributed by atoms with Gasteiger partial charge in [-0.25, -0.2) is 0 Å². The van der Waals surface area contributed by atoms with Crippen LogP contribution in [0.3, 0.4) is 0 Å². The van der Waals surface area contributed by atoms with Crippen molar-refractivity contribution in [1.29, 1.82) is 0 Å². The number of ether oxygens (including phenoxy) is 2. The van der Waals surface area contributed by atoms with Crippen LogP contribution < -0.4 is 10.1 Å². The molecule has 1 N–H and O–H groups in total. The molecule has 0 spiro atoms.